The van der Waals surface area contributed by atoms with Gasteiger partial charge in [0.05, 0.1) is 15.9 Å². The molecule has 11 heteroatoms. The second-order valence-corrected chi connectivity index (χ2v) is 11.2. The highest BCUT2D eigenvalue weighted by molar-refractivity contribution is 9.10. The van der Waals surface area contributed by atoms with Crippen LogP contribution in [0.4, 0.5) is 17.1 Å². The second kappa shape index (κ2) is 14.2. The summed E-state index contributed by atoms with van der Waals surface area (Å²) in [7, 11) is 0. The van der Waals surface area contributed by atoms with Gasteiger partial charge in [0.2, 0.25) is 5.91 Å². The molecule has 0 fully saturated rings. The van der Waals surface area contributed by atoms with Crippen molar-refractivity contribution in [2.45, 2.75) is 17.1 Å². The van der Waals surface area contributed by atoms with E-state index < -0.39 is 22.0 Å². The number of anilines is 2. The summed E-state index contributed by atoms with van der Waals surface area (Å²) in [6.45, 7) is 1.78. The standard InChI is InChI=1S/C31H25BrN4O5S/c1-20(29(37)34-27-13-6-5-12-26(27)32)42-25-11-7-10-23(19-25)33-31(39)28(35-30(38)22-8-3-2-4-9-22)18-21-14-16-24(17-15-21)36(40)41/h2-20H,1H3,(H,33,39)(H,34,37)(H,35,38)/b28-18+. The topological polar surface area (TPSA) is 130 Å². The summed E-state index contributed by atoms with van der Waals surface area (Å²) < 4.78 is 0.775. The van der Waals surface area contributed by atoms with Crippen molar-refractivity contribution in [1.82, 2.24) is 5.32 Å². The van der Waals surface area contributed by atoms with E-state index in [0.29, 0.717) is 22.5 Å². The van der Waals surface area contributed by atoms with Gasteiger partial charge in [-0.3, -0.25) is 24.5 Å². The van der Waals surface area contributed by atoms with Gasteiger partial charge in [0.15, 0.2) is 0 Å². The number of nitro benzene ring substituents is 1. The molecule has 1 atom stereocenters. The first-order valence-electron chi connectivity index (χ1n) is 12.7. The normalized spacial score (nSPS) is 11.7. The number of para-hydroxylation sites is 1. The Balaban J connectivity index is 1.50. The fourth-order valence-corrected chi connectivity index (χ4v) is 5.01. The van der Waals surface area contributed by atoms with Gasteiger partial charge in [-0.25, -0.2) is 0 Å². The zero-order chi connectivity index (χ0) is 30.1. The van der Waals surface area contributed by atoms with Crippen LogP contribution in [0.15, 0.2) is 118 Å². The van der Waals surface area contributed by atoms with Gasteiger partial charge in [-0.2, -0.15) is 0 Å². The van der Waals surface area contributed by atoms with Gasteiger partial charge in [-0.05, 0) is 89.1 Å². The van der Waals surface area contributed by atoms with Crippen LogP contribution in [0.25, 0.3) is 6.08 Å². The smallest absolute Gasteiger partial charge is 0.272 e. The number of thioether (sulfide) groups is 1. The molecule has 0 spiro atoms. The van der Waals surface area contributed by atoms with Crippen LogP contribution in [-0.4, -0.2) is 27.9 Å². The van der Waals surface area contributed by atoms with Crippen LogP contribution in [-0.2, 0) is 9.59 Å². The molecule has 0 saturated carbocycles. The number of nitrogens with zero attached hydrogens (tertiary/aromatic N) is 1. The number of nitrogens with one attached hydrogen (secondary N) is 3. The van der Waals surface area contributed by atoms with E-state index in [0.717, 1.165) is 9.37 Å². The molecule has 42 heavy (non-hydrogen) atoms. The number of rotatable bonds is 10. The van der Waals surface area contributed by atoms with Crippen molar-refractivity contribution in [1.29, 1.82) is 0 Å². The molecule has 4 aromatic rings. The maximum atomic E-state index is 13.4. The quantitative estimate of drug-likeness (QED) is 0.0746. The number of carbonyl (C=O) groups excluding carboxylic acids is 3. The maximum absolute atomic E-state index is 13.4. The highest BCUT2D eigenvalue weighted by Crippen LogP contribution is 2.28. The Morgan fingerprint density at radius 3 is 2.26 bits per heavy atom. The molecule has 0 saturated heterocycles. The average Bonchev–Trinajstić information content (AvgIpc) is 2.98. The van der Waals surface area contributed by atoms with Gasteiger partial charge in [0.1, 0.15) is 5.70 Å². The lowest BCUT2D eigenvalue weighted by atomic mass is 10.1. The SMILES string of the molecule is CC(Sc1cccc(NC(=O)/C(=C\c2ccc([N+](=O)[O-])cc2)NC(=O)c2ccccc2)c1)C(=O)Nc1ccccc1Br. The minimum Gasteiger partial charge on any atom is -0.324 e. The van der Waals surface area contributed by atoms with Crippen molar-refractivity contribution in [3.63, 3.8) is 0 Å². The van der Waals surface area contributed by atoms with E-state index in [1.165, 1.54) is 42.1 Å². The lowest BCUT2D eigenvalue weighted by molar-refractivity contribution is -0.384. The number of hydrogen-bond donors (Lipinski definition) is 3. The largest absolute Gasteiger partial charge is 0.324 e. The molecule has 4 rings (SSSR count). The molecule has 3 amide bonds. The van der Waals surface area contributed by atoms with E-state index in [-0.39, 0.29) is 17.3 Å². The Labute approximate surface area is 254 Å². The Morgan fingerprint density at radius 2 is 1.57 bits per heavy atom. The van der Waals surface area contributed by atoms with E-state index in [2.05, 4.69) is 31.9 Å². The number of non-ortho nitro benzene ring substituents is 1. The Hall–Kier alpha value is -4.74. The van der Waals surface area contributed by atoms with Gasteiger partial charge in [-0.15, -0.1) is 11.8 Å². The third kappa shape index (κ3) is 8.38. The highest BCUT2D eigenvalue weighted by Gasteiger charge is 2.18. The summed E-state index contributed by atoms with van der Waals surface area (Å²) in [6, 6.07) is 28.3. The monoisotopic (exact) mass is 644 g/mol. The molecular weight excluding hydrogens is 620 g/mol. The molecule has 212 valence electrons. The molecule has 4 aromatic carbocycles. The van der Waals surface area contributed by atoms with Crippen LogP contribution in [0.3, 0.4) is 0 Å². The first-order chi connectivity index (χ1) is 20.2. The third-order valence-electron chi connectivity index (χ3n) is 5.85. The minimum atomic E-state index is -0.598. The summed E-state index contributed by atoms with van der Waals surface area (Å²) >= 11 is 4.75. The molecule has 0 radical (unpaired) electrons. The summed E-state index contributed by atoms with van der Waals surface area (Å²) in [6.07, 6.45) is 1.44. The van der Waals surface area contributed by atoms with Crippen LogP contribution >= 0.6 is 27.7 Å². The molecule has 1 unspecified atom stereocenters. The highest BCUT2D eigenvalue weighted by atomic mass is 79.9. The van der Waals surface area contributed by atoms with Gasteiger partial charge in [-0.1, -0.05) is 36.4 Å². The molecule has 9 nitrogen and oxygen atoms in total. The second-order valence-electron chi connectivity index (χ2n) is 8.94. The van der Waals surface area contributed by atoms with Crippen LogP contribution in [0, 0.1) is 10.1 Å². The first-order valence-corrected chi connectivity index (χ1v) is 14.3. The van der Waals surface area contributed by atoms with E-state index in [1.807, 2.05) is 24.3 Å². The zero-order valence-electron chi connectivity index (χ0n) is 22.2. The number of hydrogen-bond acceptors (Lipinski definition) is 6. The average molecular weight is 646 g/mol. The van der Waals surface area contributed by atoms with Crippen molar-refractivity contribution >= 4 is 68.6 Å². The Bertz CT molecular complexity index is 1640. The van der Waals surface area contributed by atoms with Gasteiger partial charge >= 0.3 is 0 Å². The molecule has 0 bridgehead atoms. The van der Waals surface area contributed by atoms with Gasteiger partial charge in [0, 0.05) is 32.8 Å². The number of halogens is 1. The number of nitro groups is 1. The zero-order valence-corrected chi connectivity index (χ0v) is 24.6. The van der Waals surface area contributed by atoms with E-state index >= 15 is 0 Å². The molecule has 0 aliphatic rings. The van der Waals surface area contributed by atoms with Crippen molar-refractivity contribution < 1.29 is 19.3 Å². The van der Waals surface area contributed by atoms with Crippen LogP contribution in [0.1, 0.15) is 22.8 Å². The van der Waals surface area contributed by atoms with Crippen molar-refractivity contribution in [2.75, 3.05) is 10.6 Å². The van der Waals surface area contributed by atoms with Crippen LogP contribution in [0.2, 0.25) is 0 Å². The van der Waals surface area contributed by atoms with E-state index in [9.17, 15) is 24.5 Å². The lowest BCUT2D eigenvalue weighted by Gasteiger charge is -2.14. The fourth-order valence-electron chi connectivity index (χ4n) is 3.70. The van der Waals surface area contributed by atoms with Gasteiger partial charge in [0.25, 0.3) is 17.5 Å². The number of carbonyl (C=O) groups is 3. The number of benzene rings is 4. The third-order valence-corrected chi connectivity index (χ3v) is 7.63. The lowest BCUT2D eigenvalue weighted by Crippen LogP contribution is -2.30. The summed E-state index contributed by atoms with van der Waals surface area (Å²) in [4.78, 5) is 50.2. The molecule has 0 aliphatic carbocycles. The Morgan fingerprint density at radius 1 is 0.881 bits per heavy atom. The molecule has 3 N–H and O–H groups in total. The number of amides is 3. The Kier molecular flexibility index (Phi) is 10.2. The van der Waals surface area contributed by atoms with Crippen molar-refractivity contribution in [2.24, 2.45) is 0 Å². The molecule has 0 aliphatic heterocycles. The van der Waals surface area contributed by atoms with Gasteiger partial charge < -0.3 is 16.0 Å². The summed E-state index contributed by atoms with van der Waals surface area (Å²) in [5.41, 5.74) is 1.80. The minimum absolute atomic E-state index is 0.0584. The first kappa shape index (κ1) is 30.2. The van der Waals surface area contributed by atoms with Crippen LogP contribution < -0.4 is 16.0 Å². The van der Waals surface area contributed by atoms with Crippen molar-refractivity contribution in [3.8, 4) is 0 Å². The van der Waals surface area contributed by atoms with Crippen LogP contribution in [0.5, 0.6) is 0 Å². The summed E-state index contributed by atoms with van der Waals surface area (Å²) in [5, 5.41) is 18.9. The molecule has 0 aromatic heterocycles. The summed E-state index contributed by atoms with van der Waals surface area (Å²) in [5.74, 6) is -1.27. The van der Waals surface area contributed by atoms with E-state index in [1.54, 1.807) is 61.5 Å². The fraction of sp³-hybridized carbons (Fsp3) is 0.0645. The molecule has 0 heterocycles. The van der Waals surface area contributed by atoms with Crippen molar-refractivity contribution in [3.05, 3.63) is 135 Å². The predicted molar refractivity (Wildman–Crippen MR) is 168 cm³/mol. The predicted octanol–water partition coefficient (Wildman–Crippen LogP) is 6.89. The molecular formula is C31H25BrN4O5S. The van der Waals surface area contributed by atoms with E-state index in [4.69, 9.17) is 0 Å². The maximum Gasteiger partial charge on any atom is 0.272 e.